The van der Waals surface area contributed by atoms with E-state index in [9.17, 15) is 4.79 Å². The van der Waals surface area contributed by atoms with Crippen LogP contribution < -0.4 is 5.32 Å². The molecule has 7 heteroatoms. The third kappa shape index (κ3) is 2.88. The second-order valence-electron chi connectivity index (χ2n) is 7.50. The fourth-order valence-electron chi connectivity index (χ4n) is 4.22. The average molecular weight is 374 g/mol. The van der Waals surface area contributed by atoms with Gasteiger partial charge in [0.05, 0.1) is 18.6 Å². The molecule has 3 aromatic rings. The topological polar surface area (TPSA) is 75.9 Å². The highest BCUT2D eigenvalue weighted by atomic mass is 16.2. The standard InChI is InChI=1S/C21H22N6O/c1-14-12-26(21(28)18-10-15-6-2-3-7-16(15)11-23-18)13-19-24-25-20(27(14)19)17-8-4-5-9-22-17/h2-9,14,18,23H,10-13H2,1H3/t14-,18+/m0/s1. The number of rotatable bonds is 2. The molecule has 1 N–H and O–H groups in total. The van der Waals surface area contributed by atoms with E-state index in [0.717, 1.165) is 30.3 Å². The number of nitrogens with zero attached hydrogens (tertiary/aromatic N) is 5. The Morgan fingerprint density at radius 3 is 2.75 bits per heavy atom. The van der Waals surface area contributed by atoms with Crippen molar-refractivity contribution in [2.45, 2.75) is 38.5 Å². The lowest BCUT2D eigenvalue weighted by molar-refractivity contribution is -0.135. The minimum Gasteiger partial charge on any atom is -0.332 e. The van der Waals surface area contributed by atoms with Gasteiger partial charge in [-0.25, -0.2) is 0 Å². The van der Waals surface area contributed by atoms with Crippen molar-refractivity contribution in [2.24, 2.45) is 0 Å². The molecule has 0 saturated carbocycles. The van der Waals surface area contributed by atoms with Gasteiger partial charge in [-0.15, -0.1) is 10.2 Å². The van der Waals surface area contributed by atoms with Crippen molar-refractivity contribution in [1.82, 2.24) is 30.0 Å². The van der Waals surface area contributed by atoms with Gasteiger partial charge in [0.15, 0.2) is 11.6 Å². The third-order valence-electron chi connectivity index (χ3n) is 5.61. The maximum atomic E-state index is 13.2. The Morgan fingerprint density at radius 1 is 1.11 bits per heavy atom. The molecular formula is C21H22N6O. The molecule has 0 saturated heterocycles. The SMILES string of the molecule is C[C@H]1CN(C(=O)[C@H]2Cc3ccccc3CN2)Cc2nnc(-c3ccccn3)n21. The Morgan fingerprint density at radius 2 is 1.93 bits per heavy atom. The van der Waals surface area contributed by atoms with Crippen LogP contribution in [0.1, 0.15) is 29.9 Å². The van der Waals surface area contributed by atoms with Crippen LogP contribution in [0.5, 0.6) is 0 Å². The summed E-state index contributed by atoms with van der Waals surface area (Å²) in [5, 5.41) is 12.1. The van der Waals surface area contributed by atoms with Crippen molar-refractivity contribution < 1.29 is 4.79 Å². The average Bonchev–Trinajstić information content (AvgIpc) is 3.18. The molecule has 0 aliphatic carbocycles. The molecule has 0 unspecified atom stereocenters. The van der Waals surface area contributed by atoms with Crippen LogP contribution in [0.15, 0.2) is 48.7 Å². The van der Waals surface area contributed by atoms with Crippen LogP contribution in [0.2, 0.25) is 0 Å². The van der Waals surface area contributed by atoms with Crippen molar-refractivity contribution in [3.8, 4) is 11.5 Å². The Hall–Kier alpha value is -3.06. The fourth-order valence-corrected chi connectivity index (χ4v) is 4.22. The van der Waals surface area contributed by atoms with Crippen LogP contribution in [-0.2, 0) is 24.3 Å². The van der Waals surface area contributed by atoms with Crippen molar-refractivity contribution in [3.05, 3.63) is 65.6 Å². The van der Waals surface area contributed by atoms with E-state index in [2.05, 4.69) is 44.1 Å². The first-order valence-electron chi connectivity index (χ1n) is 9.65. The molecule has 1 aromatic carbocycles. The second kappa shape index (κ2) is 6.83. The number of hydrogen-bond acceptors (Lipinski definition) is 5. The van der Waals surface area contributed by atoms with Crippen molar-refractivity contribution >= 4 is 5.91 Å². The van der Waals surface area contributed by atoms with Gasteiger partial charge in [-0.2, -0.15) is 0 Å². The quantitative estimate of drug-likeness (QED) is 0.742. The number of hydrogen-bond donors (Lipinski definition) is 1. The van der Waals surface area contributed by atoms with Crippen LogP contribution in [0.4, 0.5) is 0 Å². The maximum absolute atomic E-state index is 13.2. The normalized spacial score (nSPS) is 21.1. The van der Waals surface area contributed by atoms with E-state index in [1.807, 2.05) is 35.2 Å². The lowest BCUT2D eigenvalue weighted by Crippen LogP contribution is -2.51. The molecule has 1 amide bonds. The highest BCUT2D eigenvalue weighted by Gasteiger charge is 2.34. The second-order valence-corrected chi connectivity index (χ2v) is 7.50. The highest BCUT2D eigenvalue weighted by molar-refractivity contribution is 5.82. The van der Waals surface area contributed by atoms with Gasteiger partial charge in [-0.05, 0) is 36.6 Å². The van der Waals surface area contributed by atoms with Gasteiger partial charge in [0.2, 0.25) is 5.91 Å². The largest absolute Gasteiger partial charge is 0.332 e. The van der Waals surface area contributed by atoms with Crippen LogP contribution >= 0.6 is 0 Å². The van der Waals surface area contributed by atoms with Gasteiger partial charge in [0, 0.05) is 19.3 Å². The molecule has 4 heterocycles. The predicted molar refractivity (Wildman–Crippen MR) is 104 cm³/mol. The van der Waals surface area contributed by atoms with E-state index in [1.165, 1.54) is 11.1 Å². The maximum Gasteiger partial charge on any atom is 0.240 e. The molecule has 0 spiro atoms. The zero-order valence-corrected chi connectivity index (χ0v) is 15.7. The molecule has 2 atom stereocenters. The lowest BCUT2D eigenvalue weighted by atomic mass is 9.95. The molecular weight excluding hydrogens is 352 g/mol. The van der Waals surface area contributed by atoms with Crippen LogP contribution in [0, 0.1) is 0 Å². The van der Waals surface area contributed by atoms with E-state index in [1.54, 1.807) is 6.20 Å². The number of aromatic nitrogens is 4. The van der Waals surface area contributed by atoms with Gasteiger partial charge in [-0.1, -0.05) is 30.3 Å². The fraction of sp³-hybridized carbons (Fsp3) is 0.333. The van der Waals surface area contributed by atoms with Crippen molar-refractivity contribution in [1.29, 1.82) is 0 Å². The van der Waals surface area contributed by atoms with Gasteiger partial charge >= 0.3 is 0 Å². The van der Waals surface area contributed by atoms with Crippen LogP contribution in [-0.4, -0.2) is 43.1 Å². The number of amides is 1. The summed E-state index contributed by atoms with van der Waals surface area (Å²) in [4.78, 5) is 19.5. The Labute approximate surface area is 163 Å². The summed E-state index contributed by atoms with van der Waals surface area (Å²) >= 11 is 0. The number of fused-ring (bicyclic) bond motifs is 2. The summed E-state index contributed by atoms with van der Waals surface area (Å²) in [5.74, 6) is 1.71. The van der Waals surface area contributed by atoms with Gasteiger partial charge < -0.3 is 14.8 Å². The van der Waals surface area contributed by atoms with Crippen molar-refractivity contribution in [2.75, 3.05) is 6.54 Å². The summed E-state index contributed by atoms with van der Waals surface area (Å²) in [6.07, 6.45) is 2.48. The van der Waals surface area contributed by atoms with E-state index >= 15 is 0 Å². The van der Waals surface area contributed by atoms with Crippen molar-refractivity contribution in [3.63, 3.8) is 0 Å². The number of carbonyl (C=O) groups excluding carboxylic acids is 1. The smallest absolute Gasteiger partial charge is 0.240 e. The number of benzene rings is 1. The molecule has 7 nitrogen and oxygen atoms in total. The van der Waals surface area contributed by atoms with E-state index < -0.39 is 0 Å². The number of carbonyl (C=O) groups is 1. The molecule has 2 aliphatic rings. The monoisotopic (exact) mass is 374 g/mol. The Bertz CT molecular complexity index is 1010. The molecule has 142 valence electrons. The van der Waals surface area contributed by atoms with E-state index in [4.69, 9.17) is 0 Å². The molecule has 5 rings (SSSR count). The Balaban J connectivity index is 1.37. The number of pyridine rings is 1. The molecule has 2 aromatic heterocycles. The van der Waals surface area contributed by atoms with Crippen LogP contribution in [0.25, 0.3) is 11.5 Å². The molecule has 28 heavy (non-hydrogen) atoms. The summed E-state index contributed by atoms with van der Waals surface area (Å²) in [7, 11) is 0. The van der Waals surface area contributed by atoms with E-state index in [0.29, 0.717) is 13.1 Å². The summed E-state index contributed by atoms with van der Waals surface area (Å²) < 4.78 is 2.11. The molecule has 0 fully saturated rings. The van der Waals surface area contributed by atoms with E-state index in [-0.39, 0.29) is 18.0 Å². The van der Waals surface area contributed by atoms with Gasteiger partial charge in [0.25, 0.3) is 0 Å². The molecule has 0 bridgehead atoms. The summed E-state index contributed by atoms with van der Waals surface area (Å²) in [5.41, 5.74) is 3.34. The lowest BCUT2D eigenvalue weighted by Gasteiger charge is -2.36. The Kier molecular flexibility index (Phi) is 4.16. The zero-order valence-electron chi connectivity index (χ0n) is 15.7. The summed E-state index contributed by atoms with van der Waals surface area (Å²) in [6, 6.07) is 14.0. The molecule has 0 radical (unpaired) electrons. The third-order valence-corrected chi connectivity index (χ3v) is 5.61. The zero-order chi connectivity index (χ0) is 19.1. The minimum atomic E-state index is -0.188. The first-order chi connectivity index (χ1) is 13.7. The first-order valence-corrected chi connectivity index (χ1v) is 9.65. The summed E-state index contributed by atoms with van der Waals surface area (Å²) in [6.45, 7) is 3.95. The van der Waals surface area contributed by atoms with Gasteiger partial charge in [0.1, 0.15) is 5.69 Å². The van der Waals surface area contributed by atoms with Crippen LogP contribution in [0.3, 0.4) is 0 Å². The minimum absolute atomic E-state index is 0.0931. The number of nitrogens with one attached hydrogen (secondary N) is 1. The predicted octanol–water partition coefficient (Wildman–Crippen LogP) is 1.96. The molecule has 2 aliphatic heterocycles. The highest BCUT2D eigenvalue weighted by Crippen LogP contribution is 2.27. The van der Waals surface area contributed by atoms with Gasteiger partial charge in [-0.3, -0.25) is 9.78 Å². The first kappa shape index (κ1) is 17.1.